The van der Waals surface area contributed by atoms with E-state index < -0.39 is 29.1 Å². The highest BCUT2D eigenvalue weighted by atomic mass is 19.1. The molecule has 0 atom stereocenters. The number of hydrogen-bond donors (Lipinski definition) is 5. The number of anilines is 2. The third kappa shape index (κ3) is 6.31. The number of nitrogens with zero attached hydrogens (tertiary/aromatic N) is 3. The predicted octanol–water partition coefficient (Wildman–Crippen LogP) is 1.30. The van der Waals surface area contributed by atoms with Gasteiger partial charge in [0.25, 0.3) is 5.91 Å². The summed E-state index contributed by atoms with van der Waals surface area (Å²) in [4.78, 5) is 35.9. The first-order valence-electron chi connectivity index (χ1n) is 10.9. The highest BCUT2D eigenvalue weighted by molar-refractivity contribution is 6.06. The molecular weight excluding hydrogens is 508 g/mol. The number of carbonyl (C=O) groups excluding carboxylic acids is 2. The molecule has 0 aliphatic heterocycles. The van der Waals surface area contributed by atoms with Crippen molar-refractivity contribution < 1.29 is 37.7 Å². The molecule has 7 N–H and O–H groups in total. The highest BCUT2D eigenvalue weighted by Crippen LogP contribution is 2.28. The Morgan fingerprint density at radius 3 is 2.34 bits per heavy atom. The van der Waals surface area contributed by atoms with Gasteiger partial charge in [0.2, 0.25) is 0 Å². The highest BCUT2D eigenvalue weighted by Gasteiger charge is 2.19. The zero-order chi connectivity index (χ0) is 27.8. The summed E-state index contributed by atoms with van der Waals surface area (Å²) < 4.78 is 39.4. The topological polar surface area (TPSA) is 196 Å². The number of rotatable bonds is 11. The van der Waals surface area contributed by atoms with Gasteiger partial charge in [-0.05, 0) is 24.3 Å². The van der Waals surface area contributed by atoms with Gasteiger partial charge in [0, 0.05) is 36.9 Å². The smallest absolute Gasteiger partial charge is 0.337 e. The fourth-order valence-corrected chi connectivity index (χ4v) is 3.20. The molecule has 3 aromatic rings. The zero-order valence-electron chi connectivity index (χ0n) is 19.9. The third-order valence-electron chi connectivity index (χ3n) is 5.06. The normalized spacial score (nSPS) is 11.1. The lowest BCUT2D eigenvalue weighted by Crippen LogP contribution is -2.33. The second kappa shape index (κ2) is 12.2. The third-order valence-corrected chi connectivity index (χ3v) is 5.06. The molecule has 0 aliphatic rings. The molecule has 0 spiro atoms. The van der Waals surface area contributed by atoms with Crippen molar-refractivity contribution in [3.8, 4) is 11.5 Å². The molecule has 0 aliphatic carbocycles. The summed E-state index contributed by atoms with van der Waals surface area (Å²) in [6.07, 6.45) is 0.686. The van der Waals surface area contributed by atoms with Crippen LogP contribution in [-0.2, 0) is 0 Å². The van der Waals surface area contributed by atoms with Crippen LogP contribution in [0.5, 0.6) is 11.5 Å². The van der Waals surface area contributed by atoms with Crippen LogP contribution in [-0.4, -0.2) is 53.4 Å². The van der Waals surface area contributed by atoms with E-state index in [1.807, 2.05) is 0 Å². The van der Waals surface area contributed by atoms with Gasteiger partial charge in [-0.1, -0.05) is 0 Å². The van der Waals surface area contributed by atoms with Gasteiger partial charge in [-0.3, -0.25) is 9.59 Å². The summed E-state index contributed by atoms with van der Waals surface area (Å²) >= 11 is 0. The fourth-order valence-electron chi connectivity index (χ4n) is 3.20. The van der Waals surface area contributed by atoms with E-state index >= 15 is 0 Å². The van der Waals surface area contributed by atoms with Crippen molar-refractivity contribution in [1.29, 1.82) is 0 Å². The second-order valence-electron chi connectivity index (χ2n) is 7.53. The summed E-state index contributed by atoms with van der Waals surface area (Å²) in [5.74, 6) is 6.20. The summed E-state index contributed by atoms with van der Waals surface area (Å²) in [6.45, 7) is -0.125. The van der Waals surface area contributed by atoms with E-state index in [1.54, 1.807) is 7.05 Å². The van der Waals surface area contributed by atoms with Crippen LogP contribution in [0.15, 0.2) is 41.5 Å². The standard InChI is InChI=1S/C23H23F2N7O6/c1-28-17-10-20(14(24)7-12(17)11-33)38-6-2-5-37-19-8-13(23(35)36)18(9-15(19)25)29-22(34)16-3-4-21(30-26)32(27)31-16/h3-4,7-11,28H,2,5-6,26-27H2,1H3,(H,29,34)(H,35,36)/b30-21-. The molecule has 1 aromatic heterocycles. The van der Waals surface area contributed by atoms with Crippen molar-refractivity contribution in [2.45, 2.75) is 6.42 Å². The van der Waals surface area contributed by atoms with Crippen molar-refractivity contribution in [3.63, 3.8) is 0 Å². The number of halogens is 2. The van der Waals surface area contributed by atoms with E-state index in [0.29, 0.717) is 12.0 Å². The Hall–Kier alpha value is -5.21. The van der Waals surface area contributed by atoms with Gasteiger partial charge in [-0.2, -0.15) is 9.89 Å². The number of amides is 1. The quantitative estimate of drug-likeness (QED) is 0.104. The number of aldehydes is 1. The molecule has 0 bridgehead atoms. The average Bonchev–Trinajstić information content (AvgIpc) is 2.89. The molecule has 2 aromatic carbocycles. The van der Waals surface area contributed by atoms with Crippen LogP contribution in [0.1, 0.15) is 37.6 Å². The minimum atomic E-state index is -1.46. The Kier molecular flexibility index (Phi) is 8.76. The zero-order valence-corrected chi connectivity index (χ0v) is 19.9. The number of nitrogens with two attached hydrogens (primary N) is 2. The summed E-state index contributed by atoms with van der Waals surface area (Å²) in [6, 6.07) is 6.60. The van der Waals surface area contributed by atoms with E-state index in [-0.39, 0.29) is 53.6 Å². The van der Waals surface area contributed by atoms with Crippen LogP contribution in [0.2, 0.25) is 0 Å². The van der Waals surface area contributed by atoms with Gasteiger partial charge >= 0.3 is 5.97 Å². The number of carboxylic acids is 1. The number of nitrogen functional groups attached to an aromatic ring is 1. The molecule has 0 saturated carbocycles. The Labute approximate surface area is 213 Å². The Balaban J connectivity index is 1.65. The maximum Gasteiger partial charge on any atom is 0.337 e. The first kappa shape index (κ1) is 27.4. The lowest BCUT2D eigenvalue weighted by Gasteiger charge is -2.14. The molecule has 1 amide bonds. The van der Waals surface area contributed by atoms with Gasteiger partial charge in [0.15, 0.2) is 40.6 Å². The minimum absolute atomic E-state index is 0.0214. The molecule has 1 heterocycles. The van der Waals surface area contributed by atoms with Crippen molar-refractivity contribution >= 4 is 29.5 Å². The number of nitrogens with one attached hydrogen (secondary N) is 2. The number of hydrogen-bond acceptors (Lipinski definition) is 10. The van der Waals surface area contributed by atoms with Crippen molar-refractivity contribution in [1.82, 2.24) is 9.89 Å². The van der Waals surface area contributed by atoms with Crippen molar-refractivity contribution in [3.05, 3.63) is 70.3 Å². The van der Waals surface area contributed by atoms with E-state index in [9.17, 15) is 28.3 Å². The SMILES string of the molecule is CNc1cc(OCCCOc2cc(C(=O)O)c(NC(=O)c3cc/c(=N/N)n(N)n3)cc2F)c(F)cc1C=O. The van der Waals surface area contributed by atoms with E-state index in [4.69, 9.17) is 21.2 Å². The molecule has 200 valence electrons. The fraction of sp³-hybridized carbons (Fsp3) is 0.174. The van der Waals surface area contributed by atoms with Crippen LogP contribution in [0.4, 0.5) is 20.2 Å². The molecule has 13 nitrogen and oxygen atoms in total. The van der Waals surface area contributed by atoms with Crippen LogP contribution in [0.25, 0.3) is 0 Å². The van der Waals surface area contributed by atoms with E-state index in [2.05, 4.69) is 20.8 Å². The van der Waals surface area contributed by atoms with Gasteiger partial charge < -0.3 is 36.9 Å². The molecule has 0 saturated heterocycles. The van der Waals surface area contributed by atoms with E-state index in [0.717, 1.165) is 23.0 Å². The second-order valence-corrected chi connectivity index (χ2v) is 7.53. The van der Waals surface area contributed by atoms with Gasteiger partial charge in [0.05, 0.1) is 24.5 Å². The maximum absolute atomic E-state index is 14.6. The number of aromatic carboxylic acids is 1. The predicted molar refractivity (Wildman–Crippen MR) is 130 cm³/mol. The summed E-state index contributed by atoms with van der Waals surface area (Å²) in [7, 11) is 1.57. The molecular formula is C23H23F2N7O6. The molecule has 3 rings (SSSR count). The van der Waals surface area contributed by atoms with Crippen LogP contribution in [0, 0.1) is 11.6 Å². The van der Waals surface area contributed by atoms with Gasteiger partial charge in [0.1, 0.15) is 0 Å². The first-order valence-corrected chi connectivity index (χ1v) is 10.9. The Bertz CT molecular complexity index is 1440. The summed E-state index contributed by atoms with van der Waals surface area (Å²) in [5, 5.41) is 21.7. The summed E-state index contributed by atoms with van der Waals surface area (Å²) in [5.41, 5.74) is -0.431. The largest absolute Gasteiger partial charge is 0.490 e. The van der Waals surface area contributed by atoms with Crippen molar-refractivity contribution in [2.24, 2.45) is 10.9 Å². The Morgan fingerprint density at radius 1 is 1.11 bits per heavy atom. The van der Waals surface area contributed by atoms with Crippen LogP contribution >= 0.6 is 0 Å². The van der Waals surface area contributed by atoms with Gasteiger partial charge in [-0.25, -0.2) is 13.6 Å². The first-order chi connectivity index (χ1) is 18.2. The Morgan fingerprint density at radius 2 is 1.76 bits per heavy atom. The number of ether oxygens (including phenoxy) is 2. The number of aromatic nitrogens is 2. The maximum atomic E-state index is 14.6. The molecule has 15 heteroatoms. The monoisotopic (exact) mass is 531 g/mol. The lowest BCUT2D eigenvalue weighted by atomic mass is 10.1. The minimum Gasteiger partial charge on any atom is -0.490 e. The molecule has 0 radical (unpaired) electrons. The average molecular weight is 531 g/mol. The van der Waals surface area contributed by atoms with Gasteiger partial charge in [-0.15, -0.1) is 5.10 Å². The lowest BCUT2D eigenvalue weighted by molar-refractivity contribution is 0.0697. The van der Waals surface area contributed by atoms with Crippen LogP contribution in [0.3, 0.4) is 0 Å². The van der Waals surface area contributed by atoms with Crippen molar-refractivity contribution in [2.75, 3.05) is 36.7 Å². The number of benzene rings is 2. The molecule has 0 fully saturated rings. The van der Waals surface area contributed by atoms with Crippen LogP contribution < -0.4 is 37.3 Å². The number of carbonyl (C=O) groups is 3. The molecule has 0 unspecified atom stereocenters. The van der Waals surface area contributed by atoms with E-state index in [1.165, 1.54) is 18.2 Å². The number of carboxylic acid groups (broad SMARTS) is 1. The molecule has 38 heavy (non-hydrogen) atoms.